The first-order valence-corrected chi connectivity index (χ1v) is 42.3. The molecule has 26 aromatic rings. The van der Waals surface area contributed by atoms with Crippen molar-refractivity contribution in [3.05, 3.63) is 449 Å². The fourth-order valence-electron chi connectivity index (χ4n) is 20.6. The minimum Gasteiger partial charge on any atom is -0.309 e. The summed E-state index contributed by atoms with van der Waals surface area (Å²) in [4.78, 5) is 0. The van der Waals surface area contributed by atoms with Gasteiger partial charge in [0.1, 0.15) is 0 Å². The Balaban J connectivity index is 0.000000134. The Morgan fingerprint density at radius 2 is 0.361 bits per heavy atom. The van der Waals surface area contributed by atoms with Crippen molar-refractivity contribution in [2.45, 2.75) is 0 Å². The summed E-state index contributed by atoms with van der Waals surface area (Å²) in [6.45, 7) is 0. The van der Waals surface area contributed by atoms with E-state index in [4.69, 9.17) is 0 Å². The molecule has 0 spiro atoms. The fourth-order valence-corrected chi connectivity index (χ4v) is 20.6. The molecule has 564 valence electrons. The van der Waals surface area contributed by atoms with Crippen LogP contribution < -0.4 is 0 Å². The molecule has 2 nitrogen and oxygen atoms in total. The quantitative estimate of drug-likeness (QED) is 0.134. The third-order valence-electron chi connectivity index (χ3n) is 26.1. The number of benzene rings is 24. The van der Waals surface area contributed by atoms with E-state index in [0.717, 1.165) is 11.4 Å². The van der Waals surface area contributed by atoms with Crippen molar-refractivity contribution in [3.63, 3.8) is 0 Å². The summed E-state index contributed by atoms with van der Waals surface area (Å²) in [6, 6.07) is 167. The van der Waals surface area contributed by atoms with Crippen molar-refractivity contribution in [1.29, 1.82) is 0 Å². The molecular weight excluding hydrogens is 1470 g/mol. The molecule has 0 saturated heterocycles. The molecule has 0 aliphatic rings. The molecule has 0 saturated carbocycles. The standard InChI is InChI=1S/2C60H37N/c1-2-14-40-34-46-36-44(26-25-41(46)33-39(40)13-1)60-53-22-8-7-21-52(53)58(38-27-30-47(31-28-38)61-56-23-11-9-19-50(56)51-20-10-12-24-57(51)61)54-32-29-45(37-55(54)60)59-48-17-5-3-15-42(48)35-43-16-4-6-18-49(43)59;1-2-14-41-34-47-35-46(25-24-43(47)32-39(41)12-1)60-53-20-6-5-19-52(53)59(38-26-29-48(30-27-38)61-57-22-9-7-17-50(57)51-18-8-10-23-58(51)61)54-31-28-45(37-56(54)60)49-21-11-16-44-33-40-13-3-4-15-42(40)36-55(44)49/h2*1-37H. The first-order chi connectivity index (χ1) is 60.5. The van der Waals surface area contributed by atoms with Gasteiger partial charge in [0.2, 0.25) is 0 Å². The number of aromatic nitrogens is 2. The summed E-state index contributed by atoms with van der Waals surface area (Å²) >= 11 is 0. The predicted molar refractivity (Wildman–Crippen MR) is 524 cm³/mol. The van der Waals surface area contributed by atoms with Gasteiger partial charge >= 0.3 is 0 Å². The van der Waals surface area contributed by atoms with Crippen molar-refractivity contribution in [1.82, 2.24) is 9.13 Å². The van der Waals surface area contributed by atoms with Gasteiger partial charge in [0.15, 0.2) is 0 Å². The maximum Gasteiger partial charge on any atom is 0.0541 e. The van der Waals surface area contributed by atoms with Gasteiger partial charge in [-0.3, -0.25) is 0 Å². The zero-order chi connectivity index (χ0) is 80.0. The molecule has 0 aliphatic heterocycles. The number of nitrogens with zero attached hydrogens (tertiary/aromatic N) is 2. The van der Waals surface area contributed by atoms with Crippen LogP contribution in [0.15, 0.2) is 449 Å². The average molecular weight is 1540 g/mol. The van der Waals surface area contributed by atoms with Gasteiger partial charge in [-0.05, 0) is 311 Å². The van der Waals surface area contributed by atoms with Gasteiger partial charge < -0.3 is 9.13 Å². The number of rotatable bonds is 8. The first kappa shape index (κ1) is 69.2. The van der Waals surface area contributed by atoms with Crippen molar-refractivity contribution in [3.8, 4) is 78.1 Å². The summed E-state index contributed by atoms with van der Waals surface area (Å²) in [5.74, 6) is 0. The van der Waals surface area contributed by atoms with E-state index in [9.17, 15) is 0 Å². The SMILES string of the molecule is c1ccc2cc3cc(-c4c5ccccc5c(-c5ccc(-n6c7ccccc7c7ccccc76)cc5)c5ccc(-c6c7ccccc7cc7ccccc67)cc45)ccc3cc2c1.c1ccc2cc3cc(-c4c5ccccc5c(-c5ccc(-n6c7ccccc7c7ccccc76)cc5)c5ccc(-c6cccc7cc8ccccc8cc67)cc45)ccc3cc2c1. The lowest BCUT2D eigenvalue weighted by Crippen LogP contribution is -1.95. The lowest BCUT2D eigenvalue weighted by Gasteiger charge is -2.20. The number of para-hydroxylation sites is 4. The highest BCUT2D eigenvalue weighted by Gasteiger charge is 2.24. The Hall–Kier alpha value is -16.0. The summed E-state index contributed by atoms with van der Waals surface area (Å²) in [6.07, 6.45) is 0. The highest BCUT2D eigenvalue weighted by molar-refractivity contribution is 6.26. The van der Waals surface area contributed by atoms with Crippen LogP contribution in [0.3, 0.4) is 0 Å². The van der Waals surface area contributed by atoms with E-state index in [1.807, 2.05) is 0 Å². The van der Waals surface area contributed by atoms with Crippen LogP contribution in [0, 0.1) is 0 Å². The van der Waals surface area contributed by atoms with Crippen LogP contribution in [0.25, 0.3) is 251 Å². The molecule has 24 aromatic carbocycles. The Morgan fingerprint density at radius 3 is 0.770 bits per heavy atom. The molecular formula is C120H74N2. The molecule has 0 N–H and O–H groups in total. The van der Waals surface area contributed by atoms with Crippen molar-refractivity contribution in [2.24, 2.45) is 0 Å². The second-order valence-corrected chi connectivity index (χ2v) is 32.9. The molecule has 2 heteroatoms. The molecule has 122 heavy (non-hydrogen) atoms. The summed E-state index contributed by atoms with van der Waals surface area (Å²) in [5.41, 5.74) is 22.0. The van der Waals surface area contributed by atoms with E-state index in [-0.39, 0.29) is 0 Å². The number of hydrogen-bond acceptors (Lipinski definition) is 0. The van der Waals surface area contributed by atoms with Crippen LogP contribution in [0.2, 0.25) is 0 Å². The summed E-state index contributed by atoms with van der Waals surface area (Å²) in [7, 11) is 0. The van der Waals surface area contributed by atoms with Crippen LogP contribution in [0.5, 0.6) is 0 Å². The molecule has 0 aliphatic carbocycles. The van der Waals surface area contributed by atoms with E-state index in [2.05, 4.69) is 458 Å². The Morgan fingerprint density at radius 1 is 0.115 bits per heavy atom. The van der Waals surface area contributed by atoms with Crippen molar-refractivity contribution < 1.29 is 0 Å². The van der Waals surface area contributed by atoms with E-state index in [0.29, 0.717) is 0 Å². The van der Waals surface area contributed by atoms with Crippen LogP contribution in [0.1, 0.15) is 0 Å². The molecule has 2 aromatic heterocycles. The number of hydrogen-bond donors (Lipinski definition) is 0. The molecule has 2 heterocycles. The zero-order valence-electron chi connectivity index (χ0n) is 66.6. The predicted octanol–water partition coefficient (Wildman–Crippen LogP) is 33.4. The van der Waals surface area contributed by atoms with E-state index in [1.54, 1.807) is 0 Å². The third-order valence-corrected chi connectivity index (χ3v) is 26.1. The summed E-state index contributed by atoms with van der Waals surface area (Å²) < 4.78 is 4.80. The van der Waals surface area contributed by atoms with Gasteiger partial charge in [-0.15, -0.1) is 0 Å². The minimum atomic E-state index is 1.15. The fraction of sp³-hybridized carbons (Fsp3) is 0. The Bertz CT molecular complexity index is 8700. The normalized spacial score (nSPS) is 11.9. The van der Waals surface area contributed by atoms with Gasteiger partial charge in [0, 0.05) is 32.9 Å². The van der Waals surface area contributed by atoms with Gasteiger partial charge in [0.25, 0.3) is 0 Å². The first-order valence-electron chi connectivity index (χ1n) is 42.3. The Kier molecular flexibility index (Phi) is 15.8. The zero-order valence-corrected chi connectivity index (χ0v) is 66.6. The lowest BCUT2D eigenvalue weighted by atomic mass is 9.83. The maximum atomic E-state index is 2.48. The summed E-state index contributed by atoms with van der Waals surface area (Å²) in [5, 5.41) is 35.1. The smallest absolute Gasteiger partial charge is 0.0541 e. The molecule has 0 bridgehead atoms. The lowest BCUT2D eigenvalue weighted by molar-refractivity contribution is 1.18. The van der Waals surface area contributed by atoms with Crippen molar-refractivity contribution in [2.75, 3.05) is 0 Å². The monoisotopic (exact) mass is 1540 g/mol. The van der Waals surface area contributed by atoms with E-state index < -0.39 is 0 Å². The molecule has 0 unspecified atom stereocenters. The Labute approximate surface area is 704 Å². The van der Waals surface area contributed by atoms with E-state index in [1.165, 1.54) is 240 Å². The van der Waals surface area contributed by atoms with Gasteiger partial charge in [-0.25, -0.2) is 0 Å². The average Bonchev–Trinajstić information content (AvgIpc) is 1.05. The third kappa shape index (κ3) is 11.1. The van der Waals surface area contributed by atoms with Crippen LogP contribution >= 0.6 is 0 Å². The topological polar surface area (TPSA) is 9.86 Å². The van der Waals surface area contributed by atoms with Crippen molar-refractivity contribution >= 4 is 173 Å². The van der Waals surface area contributed by atoms with Gasteiger partial charge in [0.05, 0.1) is 22.1 Å². The largest absolute Gasteiger partial charge is 0.309 e. The molecule has 26 rings (SSSR count). The molecule has 0 radical (unpaired) electrons. The van der Waals surface area contributed by atoms with Crippen LogP contribution in [-0.2, 0) is 0 Å². The van der Waals surface area contributed by atoms with Crippen LogP contribution in [-0.4, -0.2) is 9.13 Å². The molecule has 0 atom stereocenters. The van der Waals surface area contributed by atoms with Gasteiger partial charge in [-0.1, -0.05) is 334 Å². The maximum absolute atomic E-state index is 2.48. The minimum absolute atomic E-state index is 1.15. The second-order valence-electron chi connectivity index (χ2n) is 32.9. The molecule has 0 amide bonds. The highest BCUT2D eigenvalue weighted by Crippen LogP contribution is 2.51. The van der Waals surface area contributed by atoms with E-state index >= 15 is 0 Å². The second kappa shape index (κ2) is 27.8. The van der Waals surface area contributed by atoms with Crippen LogP contribution in [0.4, 0.5) is 0 Å². The molecule has 0 fully saturated rings. The highest BCUT2D eigenvalue weighted by atomic mass is 15.0. The number of fused-ring (bicyclic) bond motifs is 18. The van der Waals surface area contributed by atoms with Gasteiger partial charge in [-0.2, -0.15) is 0 Å².